The molecule has 0 aliphatic heterocycles. The topological polar surface area (TPSA) is 17.0 Å². The van der Waals surface area contributed by atoms with Crippen LogP contribution in [0.15, 0.2) is 66.9 Å². The molecule has 2 heterocycles. The zero-order chi connectivity index (χ0) is 13.1. The van der Waals surface area contributed by atoms with E-state index in [1.165, 1.54) is 27.5 Å². The fourth-order valence-corrected chi connectivity index (χ4v) is 3.20. The maximum atomic E-state index is 4.81. The molecule has 2 aromatic carbocycles. The third-order valence-electron chi connectivity index (χ3n) is 4.07. The average molecular weight is 255 g/mol. The van der Waals surface area contributed by atoms with Crippen molar-refractivity contribution >= 4 is 16.3 Å². The Balaban J connectivity index is 2.02. The largest absolute Gasteiger partial charge is 0.238 e. The van der Waals surface area contributed by atoms with Gasteiger partial charge in [0.2, 0.25) is 11.7 Å². The normalized spacial score (nSPS) is 12.0. The fourth-order valence-electron chi connectivity index (χ4n) is 3.20. The number of hydrogen-bond acceptors (Lipinski definition) is 1. The van der Waals surface area contributed by atoms with Gasteiger partial charge in [-0.2, -0.15) is 0 Å². The summed E-state index contributed by atoms with van der Waals surface area (Å²) in [5.74, 6) is 0. The quantitative estimate of drug-likeness (QED) is 0.386. The van der Waals surface area contributed by atoms with Crippen molar-refractivity contribution < 1.29 is 4.52 Å². The number of fused-ring (bicyclic) bond motifs is 4. The highest BCUT2D eigenvalue weighted by molar-refractivity contribution is 6.14. The Hall–Kier alpha value is -2.74. The first kappa shape index (κ1) is 10.1. The molecule has 5 rings (SSSR count). The van der Waals surface area contributed by atoms with Crippen LogP contribution in [-0.2, 0) is 0 Å². The van der Waals surface area contributed by atoms with Gasteiger partial charge in [-0.25, -0.2) is 0 Å². The van der Waals surface area contributed by atoms with E-state index in [0.29, 0.717) is 0 Å². The predicted octanol–water partition coefficient (Wildman–Crippen LogP) is 3.62. The summed E-state index contributed by atoms with van der Waals surface area (Å²) >= 11 is 0. The lowest BCUT2D eigenvalue weighted by molar-refractivity contribution is -0.579. The molecule has 2 heteroatoms. The Labute approximate surface area is 115 Å². The molecule has 0 unspecified atom stereocenters. The Bertz CT molecular complexity index is 925. The molecule has 0 radical (unpaired) electrons. The number of pyridine rings is 1. The van der Waals surface area contributed by atoms with E-state index in [0.717, 1.165) is 11.2 Å². The minimum atomic E-state index is 1.08. The van der Waals surface area contributed by atoms with Crippen molar-refractivity contribution in [1.29, 1.82) is 0 Å². The minimum absolute atomic E-state index is 1.08. The lowest BCUT2D eigenvalue weighted by Gasteiger charge is -1.99. The Morgan fingerprint density at radius 3 is 2.50 bits per heavy atom. The van der Waals surface area contributed by atoms with Crippen molar-refractivity contribution in [3.8, 4) is 22.4 Å². The maximum absolute atomic E-state index is 4.81. The Kier molecular flexibility index (Phi) is 1.73. The highest BCUT2D eigenvalue weighted by Gasteiger charge is 2.25. The molecule has 4 aromatic rings. The van der Waals surface area contributed by atoms with E-state index in [2.05, 4.69) is 48.5 Å². The van der Waals surface area contributed by atoms with Crippen LogP contribution in [0.5, 0.6) is 0 Å². The van der Waals surface area contributed by atoms with E-state index < -0.39 is 0 Å². The smallest absolute Gasteiger partial charge is 0.0610 e. The zero-order valence-electron chi connectivity index (χ0n) is 10.7. The molecule has 1 aliphatic rings. The van der Waals surface area contributed by atoms with Gasteiger partial charge in [0.25, 0.3) is 0 Å². The van der Waals surface area contributed by atoms with Crippen molar-refractivity contribution in [2.24, 2.45) is 0 Å². The van der Waals surface area contributed by atoms with E-state index in [1.807, 2.05) is 22.8 Å². The molecule has 0 bridgehead atoms. The number of benzene rings is 2. The molecule has 0 atom stereocenters. The lowest BCUT2D eigenvalue weighted by Crippen LogP contribution is -2.26. The standard InChI is InChI=1S/C18H11N2/c1-2-10-20-13(7-1)11-16-14-8-3-5-12-6-4-9-15(17(12)14)18(16)19-20/h1-11H/q+1. The molecule has 0 saturated heterocycles. The van der Waals surface area contributed by atoms with E-state index in [1.54, 1.807) is 0 Å². The summed E-state index contributed by atoms with van der Waals surface area (Å²) in [6, 6.07) is 21.3. The Morgan fingerprint density at radius 2 is 1.60 bits per heavy atom. The molecular weight excluding hydrogens is 244 g/mol. The lowest BCUT2D eigenvalue weighted by atomic mass is 10.0. The fraction of sp³-hybridized carbons (Fsp3) is 0. The van der Waals surface area contributed by atoms with Crippen molar-refractivity contribution in [1.82, 2.24) is 5.10 Å². The van der Waals surface area contributed by atoms with E-state index in [9.17, 15) is 0 Å². The highest BCUT2D eigenvalue weighted by Crippen LogP contribution is 2.45. The Morgan fingerprint density at radius 1 is 0.750 bits per heavy atom. The number of hydrogen-bond donors (Lipinski definition) is 0. The molecule has 0 spiro atoms. The molecular formula is C18H11N2+. The summed E-state index contributed by atoms with van der Waals surface area (Å²) in [7, 11) is 0. The third-order valence-corrected chi connectivity index (χ3v) is 4.07. The van der Waals surface area contributed by atoms with E-state index >= 15 is 0 Å². The van der Waals surface area contributed by atoms with Gasteiger partial charge in [0.15, 0.2) is 0 Å². The van der Waals surface area contributed by atoms with Gasteiger partial charge < -0.3 is 0 Å². The van der Waals surface area contributed by atoms with Gasteiger partial charge in [0, 0.05) is 34.4 Å². The maximum Gasteiger partial charge on any atom is 0.238 e. The van der Waals surface area contributed by atoms with Gasteiger partial charge in [-0.1, -0.05) is 40.9 Å². The molecule has 0 N–H and O–H groups in total. The number of aromatic nitrogens is 2. The van der Waals surface area contributed by atoms with Crippen LogP contribution in [0.25, 0.3) is 38.7 Å². The van der Waals surface area contributed by atoms with Crippen molar-refractivity contribution in [2.75, 3.05) is 0 Å². The first-order chi connectivity index (χ1) is 9.92. The minimum Gasteiger partial charge on any atom is -0.0610 e. The van der Waals surface area contributed by atoms with Gasteiger partial charge in [-0.05, 0) is 22.4 Å². The number of rotatable bonds is 0. The summed E-state index contributed by atoms with van der Waals surface area (Å²) in [4.78, 5) is 0. The van der Waals surface area contributed by atoms with Gasteiger partial charge in [0.1, 0.15) is 5.69 Å². The molecule has 0 amide bonds. The van der Waals surface area contributed by atoms with Crippen LogP contribution in [0, 0.1) is 0 Å². The summed E-state index contributed by atoms with van der Waals surface area (Å²) in [5.41, 5.74) is 5.98. The summed E-state index contributed by atoms with van der Waals surface area (Å²) in [5, 5.41) is 7.42. The predicted molar refractivity (Wildman–Crippen MR) is 79.3 cm³/mol. The summed E-state index contributed by atoms with van der Waals surface area (Å²) in [6.07, 6.45) is 2.00. The van der Waals surface area contributed by atoms with E-state index in [-0.39, 0.29) is 0 Å². The molecule has 20 heavy (non-hydrogen) atoms. The van der Waals surface area contributed by atoms with Crippen LogP contribution in [0.1, 0.15) is 0 Å². The molecule has 0 fully saturated rings. The average Bonchev–Trinajstić information content (AvgIpc) is 2.82. The van der Waals surface area contributed by atoms with Crippen LogP contribution in [0.2, 0.25) is 0 Å². The molecule has 1 aliphatic carbocycles. The molecule has 2 nitrogen and oxygen atoms in total. The second-order valence-electron chi connectivity index (χ2n) is 5.19. The van der Waals surface area contributed by atoms with Gasteiger partial charge >= 0.3 is 0 Å². The molecule has 92 valence electrons. The summed E-state index contributed by atoms with van der Waals surface area (Å²) < 4.78 is 1.95. The first-order valence-corrected chi connectivity index (χ1v) is 6.76. The number of nitrogens with zero attached hydrogens (tertiary/aromatic N) is 2. The van der Waals surface area contributed by atoms with Crippen LogP contribution in [0.3, 0.4) is 0 Å². The van der Waals surface area contributed by atoms with Crippen LogP contribution < -0.4 is 4.52 Å². The van der Waals surface area contributed by atoms with Crippen LogP contribution >= 0.6 is 0 Å². The van der Waals surface area contributed by atoms with Crippen molar-refractivity contribution in [2.45, 2.75) is 0 Å². The zero-order valence-corrected chi connectivity index (χ0v) is 10.7. The SMILES string of the molecule is c1cc2c3c(cccc3c1)-c1n[n+]3ccccc3cc1-2. The first-order valence-electron chi connectivity index (χ1n) is 6.76. The van der Waals surface area contributed by atoms with Crippen LogP contribution in [0.4, 0.5) is 0 Å². The second-order valence-corrected chi connectivity index (χ2v) is 5.19. The van der Waals surface area contributed by atoms with Crippen molar-refractivity contribution in [3.05, 3.63) is 66.9 Å². The van der Waals surface area contributed by atoms with Gasteiger partial charge in [-0.3, -0.25) is 0 Å². The monoisotopic (exact) mass is 255 g/mol. The van der Waals surface area contributed by atoms with Gasteiger partial charge in [0.05, 0.1) is 0 Å². The van der Waals surface area contributed by atoms with Crippen molar-refractivity contribution in [3.63, 3.8) is 0 Å². The van der Waals surface area contributed by atoms with Crippen LogP contribution in [-0.4, -0.2) is 5.10 Å². The van der Waals surface area contributed by atoms with Gasteiger partial charge in [-0.15, -0.1) is 0 Å². The highest BCUT2D eigenvalue weighted by atomic mass is 15.2. The van der Waals surface area contributed by atoms with E-state index in [4.69, 9.17) is 5.10 Å². The summed E-state index contributed by atoms with van der Waals surface area (Å²) in [6.45, 7) is 0. The molecule has 0 saturated carbocycles. The molecule has 2 aromatic heterocycles. The second kappa shape index (κ2) is 3.42. The third kappa shape index (κ3) is 1.14.